The quantitative estimate of drug-likeness (QED) is 0.101. The molecule has 0 amide bonds. The second-order valence-electron chi connectivity index (χ2n) is 9.83. The van der Waals surface area contributed by atoms with Gasteiger partial charge in [0.15, 0.2) is 0 Å². The fraction of sp³-hybridized carbons (Fsp3) is 0.800. The van der Waals surface area contributed by atoms with Crippen LogP contribution in [0.5, 0.6) is 0 Å². The van der Waals surface area contributed by atoms with E-state index >= 15 is 0 Å². The van der Waals surface area contributed by atoms with Crippen molar-refractivity contribution in [1.29, 1.82) is 0 Å². The highest BCUT2D eigenvalue weighted by atomic mass is 16.4. The maximum atomic E-state index is 11.7. The zero-order valence-corrected chi connectivity index (χ0v) is 22.4. The van der Waals surface area contributed by atoms with Gasteiger partial charge in [-0.25, -0.2) is 0 Å². The SMILES string of the molecule is CCCCCCCCCCC=CC(=CCCCCCCCCCCCC)C(CC(=O)O)C(=O)O. The molecule has 0 bridgehead atoms. The van der Waals surface area contributed by atoms with Gasteiger partial charge < -0.3 is 10.2 Å². The minimum absolute atomic E-state index is 0.360. The van der Waals surface area contributed by atoms with Gasteiger partial charge in [0.1, 0.15) is 0 Å². The summed E-state index contributed by atoms with van der Waals surface area (Å²) in [4.78, 5) is 22.9. The van der Waals surface area contributed by atoms with E-state index < -0.39 is 17.9 Å². The number of hydrogen-bond donors (Lipinski definition) is 2. The monoisotopic (exact) mass is 478 g/mol. The van der Waals surface area contributed by atoms with Crippen LogP contribution in [0, 0.1) is 5.92 Å². The first-order valence-corrected chi connectivity index (χ1v) is 14.3. The molecule has 0 aromatic heterocycles. The van der Waals surface area contributed by atoms with Crippen molar-refractivity contribution in [2.75, 3.05) is 0 Å². The molecule has 198 valence electrons. The molecule has 0 aliphatic rings. The minimum Gasteiger partial charge on any atom is -0.481 e. The Hall–Kier alpha value is -1.58. The zero-order chi connectivity index (χ0) is 25.3. The number of carbonyl (C=O) groups is 2. The molecule has 4 heteroatoms. The molecule has 0 radical (unpaired) electrons. The Morgan fingerprint density at radius 1 is 0.618 bits per heavy atom. The summed E-state index contributed by atoms with van der Waals surface area (Å²) in [6, 6.07) is 0. The summed E-state index contributed by atoms with van der Waals surface area (Å²) >= 11 is 0. The van der Waals surface area contributed by atoms with Gasteiger partial charge in [-0.2, -0.15) is 0 Å². The van der Waals surface area contributed by atoms with Crippen LogP contribution in [0.25, 0.3) is 0 Å². The molecule has 0 aromatic carbocycles. The van der Waals surface area contributed by atoms with E-state index in [1.807, 2.05) is 18.2 Å². The lowest BCUT2D eigenvalue weighted by Crippen LogP contribution is -2.19. The number of unbranched alkanes of at least 4 members (excludes halogenated alkanes) is 18. The molecule has 0 heterocycles. The van der Waals surface area contributed by atoms with Crippen molar-refractivity contribution in [2.24, 2.45) is 5.92 Å². The Kier molecular flexibility index (Phi) is 23.4. The van der Waals surface area contributed by atoms with E-state index in [0.29, 0.717) is 5.57 Å². The lowest BCUT2D eigenvalue weighted by molar-refractivity contribution is -0.146. The lowest BCUT2D eigenvalue weighted by Gasteiger charge is -2.12. The van der Waals surface area contributed by atoms with Crippen LogP contribution in [-0.4, -0.2) is 22.2 Å². The fourth-order valence-corrected chi connectivity index (χ4v) is 4.36. The molecule has 0 rings (SSSR count). The maximum absolute atomic E-state index is 11.7. The van der Waals surface area contributed by atoms with E-state index in [1.165, 1.54) is 96.3 Å². The first-order valence-electron chi connectivity index (χ1n) is 14.3. The average Bonchev–Trinajstić information content (AvgIpc) is 2.80. The van der Waals surface area contributed by atoms with Crippen molar-refractivity contribution < 1.29 is 19.8 Å². The number of carboxylic acid groups (broad SMARTS) is 2. The van der Waals surface area contributed by atoms with Gasteiger partial charge in [-0.05, 0) is 31.3 Å². The van der Waals surface area contributed by atoms with Crippen LogP contribution in [0.2, 0.25) is 0 Å². The van der Waals surface area contributed by atoms with Crippen LogP contribution in [0.3, 0.4) is 0 Å². The molecule has 0 saturated heterocycles. The van der Waals surface area contributed by atoms with Gasteiger partial charge in [0.2, 0.25) is 0 Å². The molecule has 0 fully saturated rings. The van der Waals surface area contributed by atoms with Crippen LogP contribution in [0.15, 0.2) is 23.8 Å². The molecule has 0 saturated carbocycles. The molecule has 1 atom stereocenters. The van der Waals surface area contributed by atoms with Gasteiger partial charge in [0, 0.05) is 0 Å². The van der Waals surface area contributed by atoms with Crippen molar-refractivity contribution in [3.8, 4) is 0 Å². The summed E-state index contributed by atoms with van der Waals surface area (Å²) in [6.45, 7) is 4.48. The van der Waals surface area contributed by atoms with E-state index in [1.54, 1.807) is 0 Å². The van der Waals surface area contributed by atoms with Crippen LogP contribution in [0.4, 0.5) is 0 Å². The summed E-state index contributed by atoms with van der Waals surface area (Å²) < 4.78 is 0. The molecule has 34 heavy (non-hydrogen) atoms. The maximum Gasteiger partial charge on any atom is 0.311 e. The second-order valence-corrected chi connectivity index (χ2v) is 9.83. The fourth-order valence-electron chi connectivity index (χ4n) is 4.36. The van der Waals surface area contributed by atoms with E-state index in [9.17, 15) is 19.8 Å². The molecule has 2 N–H and O–H groups in total. The van der Waals surface area contributed by atoms with Gasteiger partial charge in [0.25, 0.3) is 0 Å². The van der Waals surface area contributed by atoms with Crippen LogP contribution in [-0.2, 0) is 9.59 Å². The summed E-state index contributed by atoms with van der Waals surface area (Å²) in [5, 5.41) is 18.8. The number of carboxylic acids is 2. The van der Waals surface area contributed by atoms with Crippen molar-refractivity contribution >= 4 is 11.9 Å². The number of aliphatic carboxylic acids is 2. The molecule has 0 aliphatic carbocycles. The Morgan fingerprint density at radius 2 is 1.03 bits per heavy atom. The predicted octanol–water partition coefficient (Wildman–Crippen LogP) is 9.49. The first kappa shape index (κ1) is 32.4. The van der Waals surface area contributed by atoms with E-state index in [2.05, 4.69) is 13.8 Å². The van der Waals surface area contributed by atoms with E-state index in [4.69, 9.17) is 0 Å². The predicted molar refractivity (Wildman–Crippen MR) is 144 cm³/mol. The van der Waals surface area contributed by atoms with Crippen molar-refractivity contribution in [1.82, 2.24) is 0 Å². The third-order valence-corrected chi connectivity index (χ3v) is 6.55. The zero-order valence-electron chi connectivity index (χ0n) is 22.4. The van der Waals surface area contributed by atoms with E-state index in [0.717, 1.165) is 32.1 Å². The Bertz CT molecular complexity index is 550. The van der Waals surface area contributed by atoms with Gasteiger partial charge in [-0.3, -0.25) is 9.59 Å². The van der Waals surface area contributed by atoms with Gasteiger partial charge in [-0.1, -0.05) is 135 Å². The molecule has 0 aliphatic heterocycles. The number of allylic oxidation sites excluding steroid dienone is 3. The molecule has 0 spiro atoms. The molecular formula is C30H54O4. The van der Waals surface area contributed by atoms with Crippen LogP contribution in [0.1, 0.15) is 149 Å². The van der Waals surface area contributed by atoms with Gasteiger partial charge >= 0.3 is 11.9 Å². The third-order valence-electron chi connectivity index (χ3n) is 6.55. The highest BCUT2D eigenvalue weighted by Crippen LogP contribution is 2.21. The largest absolute Gasteiger partial charge is 0.481 e. The Morgan fingerprint density at radius 3 is 1.44 bits per heavy atom. The standard InChI is InChI=1S/C30H54O4/c1-3-5-7-9-11-13-15-17-19-21-23-25-27(28(30(33)34)26-29(31)32)24-22-20-18-16-14-12-10-8-6-4-2/h22,24-25,28H,3-21,23,26H2,1-2H3,(H,31,32)(H,33,34). The summed E-state index contributed by atoms with van der Waals surface area (Å²) in [5.74, 6) is -3.07. The van der Waals surface area contributed by atoms with Crippen molar-refractivity contribution in [2.45, 2.75) is 149 Å². The number of rotatable bonds is 25. The van der Waals surface area contributed by atoms with Crippen molar-refractivity contribution in [3.05, 3.63) is 23.8 Å². The lowest BCUT2D eigenvalue weighted by atomic mass is 9.93. The summed E-state index contributed by atoms with van der Waals surface area (Å²) in [5.41, 5.74) is 0.658. The number of hydrogen-bond acceptors (Lipinski definition) is 2. The smallest absolute Gasteiger partial charge is 0.311 e. The topological polar surface area (TPSA) is 74.6 Å². The second kappa shape index (κ2) is 24.5. The average molecular weight is 479 g/mol. The van der Waals surface area contributed by atoms with Gasteiger partial charge in [0.05, 0.1) is 12.3 Å². The summed E-state index contributed by atoms with van der Waals surface area (Å²) in [7, 11) is 0. The first-order chi connectivity index (χ1) is 16.5. The van der Waals surface area contributed by atoms with E-state index in [-0.39, 0.29) is 6.42 Å². The molecule has 4 nitrogen and oxygen atoms in total. The van der Waals surface area contributed by atoms with Crippen LogP contribution >= 0.6 is 0 Å². The van der Waals surface area contributed by atoms with Crippen LogP contribution < -0.4 is 0 Å². The molecular weight excluding hydrogens is 424 g/mol. The molecule has 0 aromatic rings. The normalized spacial score (nSPS) is 12.9. The third kappa shape index (κ3) is 21.0. The Balaban J connectivity index is 4.38. The highest BCUT2D eigenvalue weighted by molar-refractivity contribution is 5.81. The Labute approximate surface area is 210 Å². The van der Waals surface area contributed by atoms with Crippen molar-refractivity contribution in [3.63, 3.8) is 0 Å². The molecule has 1 unspecified atom stereocenters. The minimum atomic E-state index is -1.06. The summed E-state index contributed by atoms with van der Waals surface area (Å²) in [6.07, 6.45) is 30.1. The highest BCUT2D eigenvalue weighted by Gasteiger charge is 2.23. The van der Waals surface area contributed by atoms with Gasteiger partial charge in [-0.15, -0.1) is 0 Å².